The summed E-state index contributed by atoms with van der Waals surface area (Å²) in [6.07, 6.45) is -8.07. The van der Waals surface area contributed by atoms with Crippen LogP contribution in [0.2, 0.25) is 0 Å². The minimum absolute atomic E-state index is 0.627. The smallest absolute Gasteiger partial charge is 0.382 e. The van der Waals surface area contributed by atoms with E-state index in [9.17, 15) is 36.1 Å². The molecule has 1 rings (SSSR count). The first-order chi connectivity index (χ1) is 9.47. The van der Waals surface area contributed by atoms with Gasteiger partial charge in [0, 0.05) is 6.54 Å². The molecule has 2 N–H and O–H groups in total. The summed E-state index contributed by atoms with van der Waals surface area (Å²) < 4.78 is 74.1. The lowest BCUT2D eigenvalue weighted by Crippen LogP contribution is -2.40. The Morgan fingerprint density at radius 1 is 1.38 bits per heavy atom. The third-order valence-electron chi connectivity index (χ3n) is 2.27. The van der Waals surface area contributed by atoms with Gasteiger partial charge < -0.3 is 5.11 Å². The standard InChI is InChI=1S/C9H8F4N2O5S/c10-5-2-1-3-6(8(5)15(17)18)21(19,20)14-4-7(16)9(11,12)13/h1-3,7,14,16H,4H2. The Labute approximate surface area is 115 Å². The topological polar surface area (TPSA) is 110 Å². The Balaban J connectivity index is 3.10. The molecule has 0 aliphatic rings. The van der Waals surface area contributed by atoms with Gasteiger partial charge in [-0.05, 0) is 12.1 Å². The SMILES string of the molecule is O=[N+]([O-])c1c(F)cccc1S(=O)(=O)NCC(O)C(F)(F)F. The molecule has 0 aliphatic carbocycles. The predicted molar refractivity (Wildman–Crippen MR) is 60.3 cm³/mol. The van der Waals surface area contributed by atoms with Gasteiger partial charge in [0.25, 0.3) is 0 Å². The van der Waals surface area contributed by atoms with Crippen molar-refractivity contribution in [3.63, 3.8) is 0 Å². The number of nitrogens with zero attached hydrogens (tertiary/aromatic N) is 1. The number of aliphatic hydroxyl groups is 1. The highest BCUT2D eigenvalue weighted by Crippen LogP contribution is 2.27. The van der Waals surface area contributed by atoms with Crippen molar-refractivity contribution in [2.45, 2.75) is 17.2 Å². The molecule has 0 saturated heterocycles. The van der Waals surface area contributed by atoms with Crippen LogP contribution in [0.15, 0.2) is 23.1 Å². The normalized spacial score (nSPS) is 14.0. The van der Waals surface area contributed by atoms with E-state index in [0.717, 1.165) is 6.07 Å². The summed E-state index contributed by atoms with van der Waals surface area (Å²) >= 11 is 0. The maximum absolute atomic E-state index is 13.3. The number of para-hydroxylation sites is 1. The van der Waals surface area contributed by atoms with Gasteiger partial charge in [0.05, 0.1) is 4.92 Å². The molecular weight excluding hydrogens is 324 g/mol. The summed E-state index contributed by atoms with van der Waals surface area (Å²) in [4.78, 5) is 8.18. The van der Waals surface area contributed by atoms with Gasteiger partial charge in [0.2, 0.25) is 15.8 Å². The number of nitro groups is 1. The van der Waals surface area contributed by atoms with Crippen molar-refractivity contribution in [1.82, 2.24) is 4.72 Å². The molecule has 7 nitrogen and oxygen atoms in total. The highest BCUT2D eigenvalue weighted by atomic mass is 32.2. The van der Waals surface area contributed by atoms with Crippen molar-refractivity contribution >= 4 is 15.7 Å². The Bertz CT molecular complexity index is 646. The van der Waals surface area contributed by atoms with Gasteiger partial charge in [0.15, 0.2) is 11.0 Å². The fourth-order valence-electron chi connectivity index (χ4n) is 1.27. The highest BCUT2D eigenvalue weighted by molar-refractivity contribution is 7.89. The molecule has 118 valence electrons. The molecular formula is C9H8F4N2O5S. The fraction of sp³-hybridized carbons (Fsp3) is 0.333. The van der Waals surface area contributed by atoms with Crippen molar-refractivity contribution < 1.29 is 36.0 Å². The lowest BCUT2D eigenvalue weighted by molar-refractivity contribution is -0.390. The summed E-state index contributed by atoms with van der Waals surface area (Å²) in [5, 5.41) is 19.3. The third-order valence-corrected chi connectivity index (χ3v) is 3.72. The zero-order valence-corrected chi connectivity index (χ0v) is 10.8. The zero-order chi connectivity index (χ0) is 16.4. The Morgan fingerprint density at radius 2 is 1.95 bits per heavy atom. The van der Waals surface area contributed by atoms with Gasteiger partial charge in [-0.25, -0.2) is 13.1 Å². The van der Waals surface area contributed by atoms with Crippen molar-refractivity contribution in [3.05, 3.63) is 34.1 Å². The number of aliphatic hydroxyl groups excluding tert-OH is 1. The summed E-state index contributed by atoms with van der Waals surface area (Å²) in [5.74, 6) is -1.46. The van der Waals surface area contributed by atoms with Crippen LogP contribution in [-0.4, -0.2) is 37.3 Å². The van der Waals surface area contributed by atoms with Gasteiger partial charge in [-0.3, -0.25) is 10.1 Å². The molecule has 1 unspecified atom stereocenters. The molecule has 0 saturated carbocycles. The second kappa shape index (κ2) is 5.91. The molecule has 0 fully saturated rings. The Kier molecular flexibility index (Phi) is 4.86. The van der Waals surface area contributed by atoms with Crippen LogP contribution in [0.1, 0.15) is 0 Å². The van der Waals surface area contributed by atoms with Crippen LogP contribution in [0.3, 0.4) is 0 Å². The first-order valence-corrected chi connectivity index (χ1v) is 6.62. The molecule has 0 aliphatic heterocycles. The molecule has 0 heterocycles. The number of sulfonamides is 1. The number of halogens is 4. The fourth-order valence-corrected chi connectivity index (χ4v) is 2.49. The van der Waals surface area contributed by atoms with Gasteiger partial charge >= 0.3 is 11.9 Å². The van der Waals surface area contributed by atoms with E-state index in [1.165, 1.54) is 4.72 Å². The number of rotatable bonds is 5. The second-order valence-corrected chi connectivity index (χ2v) is 5.49. The monoisotopic (exact) mass is 332 g/mol. The predicted octanol–water partition coefficient (Wildman–Crippen LogP) is 0.935. The number of nitrogens with one attached hydrogen (secondary N) is 1. The number of nitro benzene ring substituents is 1. The van der Waals surface area contributed by atoms with E-state index in [1.807, 2.05) is 0 Å². The Morgan fingerprint density at radius 3 is 2.43 bits per heavy atom. The Hall–Kier alpha value is -1.79. The van der Waals surface area contributed by atoms with Crippen molar-refractivity contribution in [2.24, 2.45) is 0 Å². The molecule has 1 aromatic rings. The number of hydrogen-bond donors (Lipinski definition) is 2. The van der Waals surface area contributed by atoms with E-state index in [0.29, 0.717) is 12.1 Å². The van der Waals surface area contributed by atoms with Crippen LogP contribution in [-0.2, 0) is 10.0 Å². The van der Waals surface area contributed by atoms with Crippen LogP contribution in [0, 0.1) is 15.9 Å². The second-order valence-electron chi connectivity index (χ2n) is 3.75. The van der Waals surface area contributed by atoms with Crippen LogP contribution < -0.4 is 4.72 Å². The highest BCUT2D eigenvalue weighted by Gasteiger charge is 2.39. The molecule has 21 heavy (non-hydrogen) atoms. The molecule has 0 bridgehead atoms. The maximum Gasteiger partial charge on any atom is 0.415 e. The number of alkyl halides is 3. The molecule has 0 aromatic heterocycles. The van der Waals surface area contributed by atoms with Crippen molar-refractivity contribution in [2.75, 3.05) is 6.54 Å². The quantitative estimate of drug-likeness (QED) is 0.474. The first kappa shape index (κ1) is 17.3. The minimum atomic E-state index is -5.07. The first-order valence-electron chi connectivity index (χ1n) is 5.14. The van der Waals surface area contributed by atoms with Gasteiger partial charge in [-0.15, -0.1) is 0 Å². The van der Waals surface area contributed by atoms with Crippen LogP contribution in [0.4, 0.5) is 23.2 Å². The molecule has 1 atom stereocenters. The van der Waals surface area contributed by atoms with E-state index in [-0.39, 0.29) is 0 Å². The molecule has 12 heteroatoms. The van der Waals surface area contributed by atoms with E-state index in [4.69, 9.17) is 5.11 Å². The van der Waals surface area contributed by atoms with E-state index >= 15 is 0 Å². The van der Waals surface area contributed by atoms with Gasteiger partial charge in [0.1, 0.15) is 0 Å². The van der Waals surface area contributed by atoms with E-state index < -0.39 is 50.2 Å². The molecule has 0 spiro atoms. The van der Waals surface area contributed by atoms with Crippen LogP contribution >= 0.6 is 0 Å². The van der Waals surface area contributed by atoms with E-state index in [2.05, 4.69) is 0 Å². The number of benzene rings is 1. The summed E-state index contributed by atoms with van der Waals surface area (Å²) in [7, 11) is -4.81. The van der Waals surface area contributed by atoms with Crippen molar-refractivity contribution in [1.29, 1.82) is 0 Å². The van der Waals surface area contributed by atoms with Gasteiger partial charge in [-0.2, -0.15) is 17.6 Å². The molecule has 0 amide bonds. The lowest BCUT2D eigenvalue weighted by atomic mass is 10.3. The van der Waals surface area contributed by atoms with Crippen molar-refractivity contribution in [3.8, 4) is 0 Å². The molecule has 1 aromatic carbocycles. The average Bonchev–Trinajstić information content (AvgIpc) is 2.34. The zero-order valence-electron chi connectivity index (χ0n) is 9.96. The minimum Gasteiger partial charge on any atom is -0.382 e. The van der Waals surface area contributed by atoms with E-state index in [1.54, 1.807) is 0 Å². The molecule has 0 radical (unpaired) electrons. The van der Waals surface area contributed by atoms with Crippen LogP contribution in [0.25, 0.3) is 0 Å². The third kappa shape index (κ3) is 4.09. The largest absolute Gasteiger partial charge is 0.415 e. The summed E-state index contributed by atoms with van der Waals surface area (Å²) in [6, 6.07) is 2.13. The summed E-state index contributed by atoms with van der Waals surface area (Å²) in [6.45, 7) is -1.46. The number of hydrogen-bond acceptors (Lipinski definition) is 5. The maximum atomic E-state index is 13.3. The van der Waals surface area contributed by atoms with Gasteiger partial charge in [-0.1, -0.05) is 6.07 Å². The van der Waals surface area contributed by atoms with Crippen LogP contribution in [0.5, 0.6) is 0 Å². The average molecular weight is 332 g/mol. The summed E-state index contributed by atoms with van der Waals surface area (Å²) in [5.41, 5.74) is -1.40. The lowest BCUT2D eigenvalue weighted by Gasteiger charge is -2.15.